The van der Waals surface area contributed by atoms with Crippen molar-refractivity contribution in [2.45, 2.75) is 13.5 Å². The van der Waals surface area contributed by atoms with Gasteiger partial charge in [-0.15, -0.1) is 0 Å². The zero-order chi connectivity index (χ0) is 17.6. The Kier molecular flexibility index (Phi) is 5.14. The van der Waals surface area contributed by atoms with Crippen molar-refractivity contribution in [1.82, 2.24) is 9.88 Å². The van der Waals surface area contributed by atoms with Gasteiger partial charge in [-0.25, -0.2) is 9.78 Å². The molecule has 0 saturated heterocycles. The first kappa shape index (κ1) is 16.8. The molecule has 5 nitrogen and oxygen atoms in total. The van der Waals surface area contributed by atoms with Crippen LogP contribution in [0.25, 0.3) is 22.6 Å². The van der Waals surface area contributed by atoms with Gasteiger partial charge in [-0.1, -0.05) is 60.7 Å². The predicted molar refractivity (Wildman–Crippen MR) is 95.9 cm³/mol. The van der Waals surface area contributed by atoms with Gasteiger partial charge in [-0.2, -0.15) is 0 Å². The number of carbonyl (C=O) groups is 1. The van der Waals surface area contributed by atoms with E-state index in [-0.39, 0.29) is 6.54 Å². The second-order valence-electron chi connectivity index (χ2n) is 5.57. The summed E-state index contributed by atoms with van der Waals surface area (Å²) in [6.45, 7) is 2.35. The molecule has 0 saturated carbocycles. The second kappa shape index (κ2) is 7.66. The molecule has 0 fully saturated rings. The molecule has 5 heteroatoms. The highest BCUT2D eigenvalue weighted by Crippen LogP contribution is 2.32. The molecule has 0 N–H and O–H groups in total. The summed E-state index contributed by atoms with van der Waals surface area (Å²) in [6.07, 6.45) is -0.400. The number of benzene rings is 2. The van der Waals surface area contributed by atoms with E-state index in [2.05, 4.69) is 4.98 Å². The topological polar surface area (TPSA) is 55.6 Å². The Hall–Kier alpha value is -3.08. The zero-order valence-electron chi connectivity index (χ0n) is 14.3. The normalized spacial score (nSPS) is 10.5. The maximum absolute atomic E-state index is 11.8. The molecule has 0 aliphatic heterocycles. The summed E-state index contributed by atoms with van der Waals surface area (Å²) in [4.78, 5) is 17.9. The third-order valence-corrected chi connectivity index (χ3v) is 3.71. The fourth-order valence-electron chi connectivity index (χ4n) is 2.51. The number of aromatic nitrogens is 1. The van der Waals surface area contributed by atoms with Crippen LogP contribution in [0.15, 0.2) is 65.1 Å². The minimum Gasteiger partial charge on any atom is -0.450 e. The van der Waals surface area contributed by atoms with E-state index < -0.39 is 6.09 Å². The predicted octanol–water partition coefficient (Wildman–Crippen LogP) is 4.60. The van der Waals surface area contributed by atoms with Gasteiger partial charge in [-0.3, -0.25) is 0 Å². The van der Waals surface area contributed by atoms with Crippen LogP contribution in [-0.2, 0) is 11.3 Å². The van der Waals surface area contributed by atoms with Crippen LogP contribution in [-0.4, -0.2) is 29.6 Å². The van der Waals surface area contributed by atoms with E-state index in [1.54, 1.807) is 14.0 Å². The average Bonchev–Trinajstić information content (AvgIpc) is 3.07. The van der Waals surface area contributed by atoms with Crippen molar-refractivity contribution in [3.63, 3.8) is 0 Å². The van der Waals surface area contributed by atoms with Crippen LogP contribution in [0.1, 0.15) is 12.8 Å². The molecule has 1 heterocycles. The van der Waals surface area contributed by atoms with Gasteiger partial charge in [-0.05, 0) is 6.92 Å². The molecule has 0 bridgehead atoms. The monoisotopic (exact) mass is 336 g/mol. The van der Waals surface area contributed by atoms with Crippen LogP contribution < -0.4 is 0 Å². The number of oxazole rings is 1. The van der Waals surface area contributed by atoms with Gasteiger partial charge >= 0.3 is 6.09 Å². The molecule has 0 atom stereocenters. The number of hydrogen-bond acceptors (Lipinski definition) is 4. The lowest BCUT2D eigenvalue weighted by Gasteiger charge is -2.13. The highest BCUT2D eigenvalue weighted by Gasteiger charge is 2.19. The van der Waals surface area contributed by atoms with Gasteiger partial charge in [0, 0.05) is 18.2 Å². The summed E-state index contributed by atoms with van der Waals surface area (Å²) in [6, 6.07) is 19.7. The molecule has 2 aromatic carbocycles. The quantitative estimate of drug-likeness (QED) is 0.683. The minimum absolute atomic E-state index is 0.242. The van der Waals surface area contributed by atoms with Crippen molar-refractivity contribution < 1.29 is 13.9 Å². The van der Waals surface area contributed by atoms with Gasteiger partial charge in [0.25, 0.3) is 0 Å². The summed E-state index contributed by atoms with van der Waals surface area (Å²) in [5.74, 6) is 1.16. The molecule has 1 aromatic heterocycles. The summed E-state index contributed by atoms with van der Waals surface area (Å²) in [7, 11) is 1.66. The lowest BCUT2D eigenvalue weighted by atomic mass is 10.1. The summed E-state index contributed by atoms with van der Waals surface area (Å²) >= 11 is 0. The first-order chi connectivity index (χ1) is 12.2. The van der Waals surface area contributed by atoms with Crippen LogP contribution in [0.2, 0.25) is 0 Å². The Morgan fingerprint density at radius 2 is 1.64 bits per heavy atom. The molecule has 0 aliphatic carbocycles. The first-order valence-corrected chi connectivity index (χ1v) is 8.17. The molecular weight excluding hydrogens is 316 g/mol. The van der Waals surface area contributed by atoms with Crippen molar-refractivity contribution >= 4 is 6.09 Å². The summed E-state index contributed by atoms with van der Waals surface area (Å²) < 4.78 is 11.0. The lowest BCUT2D eigenvalue weighted by molar-refractivity contribution is 0.111. The molecule has 1 amide bonds. The number of hydrogen-bond donors (Lipinski definition) is 0. The molecule has 0 unspecified atom stereocenters. The molecule has 0 spiro atoms. The fourth-order valence-corrected chi connectivity index (χ4v) is 2.51. The minimum atomic E-state index is -0.400. The second-order valence-corrected chi connectivity index (χ2v) is 5.57. The van der Waals surface area contributed by atoms with Gasteiger partial charge in [0.15, 0.2) is 5.76 Å². The highest BCUT2D eigenvalue weighted by molar-refractivity contribution is 5.76. The summed E-state index contributed by atoms with van der Waals surface area (Å²) in [5, 5.41) is 0. The number of carbonyl (C=O) groups excluding carboxylic acids is 1. The lowest BCUT2D eigenvalue weighted by Crippen LogP contribution is -2.27. The zero-order valence-corrected chi connectivity index (χ0v) is 14.3. The van der Waals surface area contributed by atoms with Crippen molar-refractivity contribution in [3.05, 3.63) is 66.6 Å². The van der Waals surface area contributed by atoms with Gasteiger partial charge in [0.2, 0.25) is 5.89 Å². The molecule has 3 aromatic rings. The third-order valence-electron chi connectivity index (χ3n) is 3.71. The third kappa shape index (κ3) is 3.88. The maximum atomic E-state index is 11.8. The fraction of sp³-hybridized carbons (Fsp3) is 0.200. The van der Waals surface area contributed by atoms with E-state index in [4.69, 9.17) is 9.15 Å². The summed E-state index contributed by atoms with van der Waals surface area (Å²) in [5.41, 5.74) is 2.67. The molecule has 128 valence electrons. The van der Waals surface area contributed by atoms with Crippen LogP contribution in [0.5, 0.6) is 0 Å². The SMILES string of the molecule is CCOC(=O)N(C)Cc1nc(-c2ccccc2)c(-c2ccccc2)o1. The van der Waals surface area contributed by atoms with E-state index in [1.165, 1.54) is 4.90 Å². The van der Waals surface area contributed by atoms with Crippen molar-refractivity contribution in [2.24, 2.45) is 0 Å². The smallest absolute Gasteiger partial charge is 0.409 e. The Balaban J connectivity index is 1.96. The first-order valence-electron chi connectivity index (χ1n) is 8.17. The Bertz CT molecular complexity index is 772. The van der Waals surface area contributed by atoms with Crippen LogP contribution >= 0.6 is 0 Å². The van der Waals surface area contributed by atoms with Crippen molar-refractivity contribution in [2.75, 3.05) is 13.7 Å². The average molecular weight is 336 g/mol. The molecule has 3 rings (SSSR count). The van der Waals surface area contributed by atoms with Gasteiger partial charge < -0.3 is 14.1 Å². The van der Waals surface area contributed by atoms with Crippen molar-refractivity contribution in [3.8, 4) is 22.6 Å². The Morgan fingerprint density at radius 3 is 2.24 bits per heavy atom. The van der Waals surface area contributed by atoms with E-state index in [1.807, 2.05) is 60.7 Å². The van der Waals surface area contributed by atoms with Crippen molar-refractivity contribution in [1.29, 1.82) is 0 Å². The Labute approximate surface area is 146 Å². The van der Waals surface area contributed by atoms with E-state index >= 15 is 0 Å². The van der Waals surface area contributed by atoms with Crippen LogP contribution in [0.3, 0.4) is 0 Å². The van der Waals surface area contributed by atoms with Gasteiger partial charge in [0.1, 0.15) is 12.2 Å². The molecule has 0 aliphatic rings. The maximum Gasteiger partial charge on any atom is 0.409 e. The number of ether oxygens (including phenoxy) is 1. The Morgan fingerprint density at radius 1 is 1.04 bits per heavy atom. The highest BCUT2D eigenvalue weighted by atomic mass is 16.6. The largest absolute Gasteiger partial charge is 0.450 e. The van der Waals surface area contributed by atoms with Crippen LogP contribution in [0, 0.1) is 0 Å². The molecule has 25 heavy (non-hydrogen) atoms. The van der Waals surface area contributed by atoms with Gasteiger partial charge in [0.05, 0.1) is 6.61 Å². The number of rotatable bonds is 5. The van der Waals surface area contributed by atoms with E-state index in [0.29, 0.717) is 18.3 Å². The molecule has 0 radical (unpaired) electrons. The standard InChI is InChI=1S/C20H20N2O3/c1-3-24-20(23)22(2)14-17-21-18(15-10-6-4-7-11-15)19(25-17)16-12-8-5-9-13-16/h4-13H,3,14H2,1-2H3. The molecular formula is C20H20N2O3. The van der Waals surface area contributed by atoms with Crippen LogP contribution in [0.4, 0.5) is 4.79 Å². The van der Waals surface area contributed by atoms with E-state index in [9.17, 15) is 4.79 Å². The number of amides is 1. The number of nitrogens with zero attached hydrogens (tertiary/aromatic N) is 2. The van der Waals surface area contributed by atoms with E-state index in [0.717, 1.165) is 16.8 Å².